The third-order valence-corrected chi connectivity index (χ3v) is 5.58. The van der Waals surface area contributed by atoms with Gasteiger partial charge >= 0.3 is 0 Å². The second-order valence-corrected chi connectivity index (χ2v) is 8.92. The predicted molar refractivity (Wildman–Crippen MR) is 110 cm³/mol. The lowest BCUT2D eigenvalue weighted by Crippen LogP contribution is -2.47. The first-order valence-corrected chi connectivity index (χ1v) is 10.3. The van der Waals surface area contributed by atoms with Gasteiger partial charge in [0.2, 0.25) is 11.8 Å². The summed E-state index contributed by atoms with van der Waals surface area (Å²) in [4.78, 5) is 29.5. The SMILES string of the molecule is CC(C)(C)C(=O)N1CCCC(C(=O)Nc2ccc(N3CCCCC3)cc2)C1. The highest BCUT2D eigenvalue weighted by molar-refractivity contribution is 5.93. The van der Waals surface area contributed by atoms with E-state index in [0.717, 1.165) is 38.2 Å². The zero-order chi connectivity index (χ0) is 19.4. The van der Waals surface area contributed by atoms with E-state index >= 15 is 0 Å². The third-order valence-electron chi connectivity index (χ3n) is 5.58. The minimum atomic E-state index is -0.400. The lowest BCUT2D eigenvalue weighted by molar-refractivity contribution is -0.142. The van der Waals surface area contributed by atoms with Crippen LogP contribution in [0.3, 0.4) is 0 Å². The number of hydrogen-bond acceptors (Lipinski definition) is 3. The fourth-order valence-corrected chi connectivity index (χ4v) is 4.00. The van der Waals surface area contributed by atoms with E-state index < -0.39 is 5.41 Å². The predicted octanol–water partition coefficient (Wildman–Crippen LogP) is 3.90. The van der Waals surface area contributed by atoms with Gasteiger partial charge in [0.25, 0.3) is 0 Å². The number of carbonyl (C=O) groups is 2. The van der Waals surface area contributed by atoms with Gasteiger partial charge in [0.05, 0.1) is 5.92 Å². The van der Waals surface area contributed by atoms with Crippen LogP contribution in [0.25, 0.3) is 0 Å². The van der Waals surface area contributed by atoms with Crippen LogP contribution in [0.5, 0.6) is 0 Å². The van der Waals surface area contributed by atoms with Crippen molar-refractivity contribution in [1.29, 1.82) is 0 Å². The van der Waals surface area contributed by atoms with Crippen molar-refractivity contribution in [3.05, 3.63) is 24.3 Å². The van der Waals surface area contributed by atoms with Gasteiger partial charge in [0.15, 0.2) is 0 Å². The highest BCUT2D eigenvalue weighted by Gasteiger charge is 2.33. The molecule has 1 aromatic carbocycles. The standard InChI is InChI=1S/C22H33N3O2/c1-22(2,3)21(27)25-15-7-8-17(16-25)20(26)23-18-9-11-19(12-10-18)24-13-5-4-6-14-24/h9-12,17H,4-8,13-16H2,1-3H3,(H,23,26). The number of rotatable bonds is 3. The molecule has 148 valence electrons. The van der Waals surface area contributed by atoms with Crippen molar-refractivity contribution < 1.29 is 9.59 Å². The quantitative estimate of drug-likeness (QED) is 0.877. The van der Waals surface area contributed by atoms with E-state index in [1.165, 1.54) is 24.9 Å². The van der Waals surface area contributed by atoms with Crippen molar-refractivity contribution in [1.82, 2.24) is 4.90 Å². The van der Waals surface area contributed by atoms with E-state index in [9.17, 15) is 9.59 Å². The Labute approximate surface area is 163 Å². The summed E-state index contributed by atoms with van der Waals surface area (Å²) in [6, 6.07) is 8.17. The average molecular weight is 372 g/mol. The minimum Gasteiger partial charge on any atom is -0.372 e. The van der Waals surface area contributed by atoms with E-state index in [0.29, 0.717) is 6.54 Å². The van der Waals surface area contributed by atoms with Crippen molar-refractivity contribution in [2.24, 2.45) is 11.3 Å². The second-order valence-electron chi connectivity index (χ2n) is 8.92. The molecular formula is C22H33N3O2. The van der Waals surface area contributed by atoms with Crippen LogP contribution in [0.4, 0.5) is 11.4 Å². The number of nitrogens with one attached hydrogen (secondary N) is 1. The fourth-order valence-electron chi connectivity index (χ4n) is 4.00. The van der Waals surface area contributed by atoms with E-state index in [4.69, 9.17) is 0 Å². The Bertz CT molecular complexity index is 657. The van der Waals surface area contributed by atoms with E-state index in [1.54, 1.807) is 0 Å². The molecule has 1 unspecified atom stereocenters. The lowest BCUT2D eigenvalue weighted by atomic mass is 9.91. The maximum Gasteiger partial charge on any atom is 0.229 e. The molecule has 0 spiro atoms. The molecule has 1 atom stereocenters. The summed E-state index contributed by atoms with van der Waals surface area (Å²) in [5.41, 5.74) is 1.66. The average Bonchev–Trinajstić information content (AvgIpc) is 2.68. The maximum atomic E-state index is 12.7. The summed E-state index contributed by atoms with van der Waals surface area (Å²) >= 11 is 0. The van der Waals surface area contributed by atoms with Crippen molar-refractivity contribution in [2.45, 2.75) is 52.9 Å². The Kier molecular flexibility index (Phi) is 6.08. The number of hydrogen-bond donors (Lipinski definition) is 1. The molecule has 1 aromatic rings. The number of nitrogens with zero attached hydrogens (tertiary/aromatic N) is 2. The van der Waals surface area contributed by atoms with Crippen molar-refractivity contribution in [2.75, 3.05) is 36.4 Å². The van der Waals surface area contributed by atoms with Crippen LogP contribution >= 0.6 is 0 Å². The third kappa shape index (κ3) is 5.02. The molecule has 27 heavy (non-hydrogen) atoms. The van der Waals surface area contributed by atoms with Crippen molar-refractivity contribution in [3.63, 3.8) is 0 Å². The second kappa shape index (κ2) is 8.32. The molecular weight excluding hydrogens is 338 g/mol. The zero-order valence-corrected chi connectivity index (χ0v) is 17.0. The van der Waals surface area contributed by atoms with Crippen LogP contribution in [-0.4, -0.2) is 42.9 Å². The lowest BCUT2D eigenvalue weighted by Gasteiger charge is -2.35. The molecule has 0 bridgehead atoms. The Hall–Kier alpha value is -2.04. The largest absolute Gasteiger partial charge is 0.372 e. The first-order valence-electron chi connectivity index (χ1n) is 10.3. The van der Waals surface area contributed by atoms with E-state index in [1.807, 2.05) is 37.8 Å². The highest BCUT2D eigenvalue weighted by atomic mass is 16.2. The summed E-state index contributed by atoms with van der Waals surface area (Å²) in [5.74, 6) is 0.0184. The highest BCUT2D eigenvalue weighted by Crippen LogP contribution is 2.25. The van der Waals surface area contributed by atoms with E-state index in [2.05, 4.69) is 22.3 Å². The molecule has 2 heterocycles. The van der Waals surface area contributed by atoms with E-state index in [-0.39, 0.29) is 17.7 Å². The Morgan fingerprint density at radius 3 is 2.26 bits per heavy atom. The van der Waals surface area contributed by atoms with Crippen LogP contribution in [0, 0.1) is 11.3 Å². The summed E-state index contributed by atoms with van der Waals surface area (Å²) in [6.45, 7) is 9.31. The summed E-state index contributed by atoms with van der Waals surface area (Å²) in [6.07, 6.45) is 5.55. The minimum absolute atomic E-state index is 0.0205. The normalized spacial score (nSPS) is 21.1. The van der Waals surface area contributed by atoms with Gasteiger partial charge in [-0.05, 0) is 56.4 Å². The number of likely N-dealkylation sites (tertiary alicyclic amines) is 1. The number of carbonyl (C=O) groups excluding carboxylic acids is 2. The van der Waals surface area contributed by atoms with Gasteiger partial charge < -0.3 is 15.1 Å². The fraction of sp³-hybridized carbons (Fsp3) is 0.636. The molecule has 2 amide bonds. The Balaban J connectivity index is 1.57. The molecule has 2 saturated heterocycles. The van der Waals surface area contributed by atoms with Gasteiger partial charge in [-0.3, -0.25) is 9.59 Å². The van der Waals surface area contributed by atoms with Crippen LogP contribution in [0.2, 0.25) is 0 Å². The van der Waals surface area contributed by atoms with Crippen LogP contribution < -0.4 is 10.2 Å². The Morgan fingerprint density at radius 1 is 0.963 bits per heavy atom. The summed E-state index contributed by atoms with van der Waals surface area (Å²) in [7, 11) is 0. The topological polar surface area (TPSA) is 52.7 Å². The molecule has 0 aliphatic carbocycles. The number of piperidine rings is 2. The molecule has 1 N–H and O–H groups in total. The van der Waals surface area contributed by atoms with Gasteiger partial charge in [0.1, 0.15) is 0 Å². The molecule has 5 heteroatoms. The van der Waals surface area contributed by atoms with Crippen LogP contribution in [0.15, 0.2) is 24.3 Å². The van der Waals surface area contributed by atoms with Crippen LogP contribution in [-0.2, 0) is 9.59 Å². The maximum absolute atomic E-state index is 12.7. The number of benzene rings is 1. The molecule has 0 radical (unpaired) electrons. The number of anilines is 2. The molecule has 3 rings (SSSR count). The smallest absolute Gasteiger partial charge is 0.229 e. The zero-order valence-electron chi connectivity index (χ0n) is 17.0. The Morgan fingerprint density at radius 2 is 1.63 bits per heavy atom. The summed E-state index contributed by atoms with van der Waals surface area (Å²) < 4.78 is 0. The van der Waals surface area contributed by atoms with Crippen molar-refractivity contribution >= 4 is 23.2 Å². The van der Waals surface area contributed by atoms with Crippen molar-refractivity contribution in [3.8, 4) is 0 Å². The first kappa shape index (κ1) is 19.7. The van der Waals surface area contributed by atoms with Crippen LogP contribution in [0.1, 0.15) is 52.9 Å². The van der Waals surface area contributed by atoms with Gasteiger partial charge in [0, 0.05) is 43.0 Å². The molecule has 2 aliphatic heterocycles. The van der Waals surface area contributed by atoms with Gasteiger partial charge in [-0.1, -0.05) is 20.8 Å². The molecule has 0 saturated carbocycles. The van der Waals surface area contributed by atoms with Gasteiger partial charge in [-0.15, -0.1) is 0 Å². The monoisotopic (exact) mass is 371 g/mol. The molecule has 2 aliphatic rings. The molecule has 2 fully saturated rings. The molecule has 0 aromatic heterocycles. The number of amides is 2. The van der Waals surface area contributed by atoms with Gasteiger partial charge in [-0.25, -0.2) is 0 Å². The first-order chi connectivity index (χ1) is 12.8. The van der Waals surface area contributed by atoms with Gasteiger partial charge in [-0.2, -0.15) is 0 Å². The summed E-state index contributed by atoms with van der Waals surface area (Å²) in [5, 5.41) is 3.04. The molecule has 5 nitrogen and oxygen atoms in total.